The summed E-state index contributed by atoms with van der Waals surface area (Å²) < 4.78 is 0.981. The SMILES string of the molecule is [C-]#[N+]C(C#N)=c1cc(Br)c(=C(C#N)[N+]#[C-])cc1Br. The van der Waals surface area contributed by atoms with Gasteiger partial charge >= 0.3 is 0 Å². The standard InChI is InChI=1S/C12H2Br2N4/c1-17-11(5-15)7-3-10(14)8(4-9(7)13)12(6-16)18-2/h3-4H. The summed E-state index contributed by atoms with van der Waals surface area (Å²) in [6.45, 7) is 13.8. The summed E-state index contributed by atoms with van der Waals surface area (Å²) in [4.78, 5) is 6.23. The van der Waals surface area contributed by atoms with Crippen LogP contribution in [0, 0.1) is 35.8 Å². The second-order valence-electron chi connectivity index (χ2n) is 2.96. The Hall–Kier alpha value is -2.12. The van der Waals surface area contributed by atoms with Gasteiger partial charge in [0.2, 0.25) is 0 Å². The summed E-state index contributed by atoms with van der Waals surface area (Å²) in [7, 11) is 0. The minimum atomic E-state index is -0.0598. The normalized spacial score (nSPS) is 12.3. The highest BCUT2D eigenvalue weighted by Crippen LogP contribution is 2.10. The molecule has 0 aromatic heterocycles. The quantitative estimate of drug-likeness (QED) is 0.666. The van der Waals surface area contributed by atoms with E-state index in [9.17, 15) is 0 Å². The minimum absolute atomic E-state index is 0.0598. The Morgan fingerprint density at radius 3 is 1.50 bits per heavy atom. The number of hydrogen-bond donors (Lipinski definition) is 0. The largest absolute Gasteiger partial charge is 0.270 e. The van der Waals surface area contributed by atoms with Crippen LogP contribution in [-0.4, -0.2) is 0 Å². The Morgan fingerprint density at radius 1 is 0.944 bits per heavy atom. The zero-order valence-electron chi connectivity index (χ0n) is 8.70. The van der Waals surface area contributed by atoms with Gasteiger partial charge in [-0.1, -0.05) is 31.9 Å². The Balaban J connectivity index is 3.96. The zero-order chi connectivity index (χ0) is 13.7. The lowest BCUT2D eigenvalue weighted by molar-refractivity contribution is 1.42. The lowest BCUT2D eigenvalue weighted by Gasteiger charge is -1.98. The molecule has 0 saturated heterocycles. The third-order valence-electron chi connectivity index (χ3n) is 2.00. The van der Waals surface area contributed by atoms with Crippen molar-refractivity contribution in [3.63, 3.8) is 0 Å². The van der Waals surface area contributed by atoms with Crippen LogP contribution in [0.1, 0.15) is 0 Å². The summed E-state index contributed by atoms with van der Waals surface area (Å²) >= 11 is 6.46. The summed E-state index contributed by atoms with van der Waals surface area (Å²) in [6.07, 6.45) is 0. The van der Waals surface area contributed by atoms with Crippen molar-refractivity contribution in [2.24, 2.45) is 0 Å². The van der Waals surface area contributed by atoms with E-state index >= 15 is 0 Å². The van der Waals surface area contributed by atoms with Crippen molar-refractivity contribution in [2.45, 2.75) is 0 Å². The lowest BCUT2D eigenvalue weighted by Crippen LogP contribution is -2.15. The molecule has 1 aromatic rings. The van der Waals surface area contributed by atoms with Gasteiger partial charge in [-0.25, -0.2) is 20.2 Å². The first-order valence-corrected chi connectivity index (χ1v) is 5.96. The van der Waals surface area contributed by atoms with Crippen LogP contribution in [0.3, 0.4) is 0 Å². The number of nitrogens with zero attached hydrogens (tertiary/aromatic N) is 4. The fourth-order valence-electron chi connectivity index (χ4n) is 1.20. The van der Waals surface area contributed by atoms with E-state index in [4.69, 9.17) is 23.7 Å². The van der Waals surface area contributed by atoms with Crippen LogP contribution in [-0.2, 0) is 0 Å². The Bertz CT molecular complexity index is 693. The van der Waals surface area contributed by atoms with E-state index in [-0.39, 0.29) is 11.4 Å². The van der Waals surface area contributed by atoms with Crippen LogP contribution in [0.5, 0.6) is 0 Å². The third-order valence-corrected chi connectivity index (χ3v) is 3.31. The fourth-order valence-corrected chi connectivity index (χ4v) is 2.26. The molecule has 0 N–H and O–H groups in total. The maximum absolute atomic E-state index is 8.82. The molecule has 0 fully saturated rings. The first-order chi connectivity index (χ1) is 8.58. The smallest absolute Gasteiger partial charge is 0.226 e. The molecule has 0 aliphatic carbocycles. The van der Waals surface area contributed by atoms with Crippen LogP contribution in [0.2, 0.25) is 0 Å². The molecular formula is C12H2Br2N4. The molecule has 0 radical (unpaired) electrons. The lowest BCUT2D eigenvalue weighted by atomic mass is 10.2. The van der Waals surface area contributed by atoms with Crippen LogP contribution >= 0.6 is 31.9 Å². The number of rotatable bonds is 0. The molecule has 84 valence electrons. The number of benzene rings is 1. The van der Waals surface area contributed by atoms with Gasteiger partial charge in [-0.05, 0) is 12.1 Å². The second kappa shape index (κ2) is 5.99. The molecule has 4 nitrogen and oxygen atoms in total. The molecule has 0 heterocycles. The van der Waals surface area contributed by atoms with E-state index in [1.165, 1.54) is 0 Å². The summed E-state index contributed by atoms with van der Waals surface area (Å²) in [5, 5.41) is 18.5. The predicted molar refractivity (Wildman–Crippen MR) is 72.3 cm³/mol. The van der Waals surface area contributed by atoms with E-state index in [1.54, 1.807) is 24.3 Å². The molecule has 0 unspecified atom stereocenters. The van der Waals surface area contributed by atoms with Crippen molar-refractivity contribution >= 4 is 43.3 Å². The summed E-state index contributed by atoms with van der Waals surface area (Å²) in [5.74, 6) is 0. The molecular weight excluding hydrogens is 360 g/mol. The number of nitriles is 2. The molecule has 1 aromatic carbocycles. The molecule has 1 rings (SSSR count). The van der Waals surface area contributed by atoms with Gasteiger partial charge in [0.05, 0.1) is 25.3 Å². The fraction of sp³-hybridized carbons (Fsp3) is 0. The van der Waals surface area contributed by atoms with Gasteiger partial charge < -0.3 is 0 Å². The maximum Gasteiger partial charge on any atom is 0.270 e. The number of hydrogen-bond acceptors (Lipinski definition) is 2. The van der Waals surface area contributed by atoms with E-state index in [0.29, 0.717) is 19.4 Å². The minimum Gasteiger partial charge on any atom is -0.226 e. The van der Waals surface area contributed by atoms with Crippen molar-refractivity contribution in [1.82, 2.24) is 0 Å². The van der Waals surface area contributed by atoms with E-state index in [2.05, 4.69) is 41.5 Å². The van der Waals surface area contributed by atoms with Gasteiger partial charge in [0.25, 0.3) is 11.4 Å². The predicted octanol–water partition coefficient (Wildman–Crippen LogP) is 2.31. The van der Waals surface area contributed by atoms with E-state index < -0.39 is 0 Å². The second-order valence-corrected chi connectivity index (χ2v) is 4.67. The van der Waals surface area contributed by atoms with Crippen LogP contribution in [0.15, 0.2) is 21.1 Å². The Kier molecular flexibility index (Phi) is 4.64. The topological polar surface area (TPSA) is 56.3 Å². The molecule has 6 heteroatoms. The van der Waals surface area contributed by atoms with Gasteiger partial charge in [0.1, 0.15) is 0 Å². The molecule has 0 aliphatic heterocycles. The van der Waals surface area contributed by atoms with Gasteiger partial charge in [0, 0.05) is 19.4 Å². The Morgan fingerprint density at radius 2 is 1.28 bits per heavy atom. The van der Waals surface area contributed by atoms with Gasteiger partial charge in [-0.15, -0.1) is 0 Å². The van der Waals surface area contributed by atoms with Crippen molar-refractivity contribution in [2.75, 3.05) is 0 Å². The Labute approximate surface area is 120 Å². The average molecular weight is 362 g/mol. The maximum atomic E-state index is 8.82. The van der Waals surface area contributed by atoms with E-state index in [1.807, 2.05) is 0 Å². The average Bonchev–Trinajstić information content (AvgIpc) is 2.37. The summed E-state index contributed by atoms with van der Waals surface area (Å²) in [5.41, 5.74) is -0.120. The number of halogens is 2. The van der Waals surface area contributed by atoms with Gasteiger partial charge in [0.15, 0.2) is 0 Å². The highest BCUT2D eigenvalue weighted by molar-refractivity contribution is 9.11. The molecule has 0 atom stereocenters. The van der Waals surface area contributed by atoms with Crippen molar-refractivity contribution in [1.29, 1.82) is 10.5 Å². The van der Waals surface area contributed by atoms with E-state index in [0.717, 1.165) is 0 Å². The van der Waals surface area contributed by atoms with Crippen molar-refractivity contribution in [3.05, 3.63) is 54.3 Å². The molecule has 0 amide bonds. The monoisotopic (exact) mass is 360 g/mol. The third kappa shape index (κ3) is 2.58. The highest BCUT2D eigenvalue weighted by atomic mass is 79.9. The molecule has 0 spiro atoms. The first kappa shape index (κ1) is 13.9. The molecule has 0 bridgehead atoms. The van der Waals surface area contributed by atoms with Crippen LogP contribution in [0.25, 0.3) is 21.1 Å². The molecule has 18 heavy (non-hydrogen) atoms. The molecule has 0 aliphatic rings. The van der Waals surface area contributed by atoms with Crippen LogP contribution in [0.4, 0.5) is 0 Å². The van der Waals surface area contributed by atoms with Crippen molar-refractivity contribution in [3.8, 4) is 12.1 Å². The first-order valence-electron chi connectivity index (χ1n) is 4.37. The van der Waals surface area contributed by atoms with Gasteiger partial charge in [-0.3, -0.25) is 0 Å². The highest BCUT2D eigenvalue weighted by Gasteiger charge is 2.05. The zero-order valence-corrected chi connectivity index (χ0v) is 11.9. The van der Waals surface area contributed by atoms with Crippen molar-refractivity contribution < 1.29 is 0 Å². The molecule has 0 saturated carbocycles. The van der Waals surface area contributed by atoms with Gasteiger partial charge in [-0.2, -0.15) is 0 Å². The summed E-state index contributed by atoms with van der Waals surface area (Å²) in [6, 6.07) is 6.66. The van der Waals surface area contributed by atoms with Crippen LogP contribution < -0.4 is 10.4 Å².